The molecule has 0 fully saturated rings. The Morgan fingerprint density at radius 2 is 2.03 bits per heavy atom. The van der Waals surface area contributed by atoms with Gasteiger partial charge in [0, 0.05) is 13.1 Å². The van der Waals surface area contributed by atoms with Gasteiger partial charge in [0.05, 0.1) is 23.8 Å². The quantitative estimate of drug-likeness (QED) is 0.616. The minimum atomic E-state index is -1.65. The fraction of sp³-hybridized carbons (Fsp3) is 0.190. The van der Waals surface area contributed by atoms with Gasteiger partial charge in [-0.3, -0.25) is 14.5 Å². The molecule has 0 aromatic heterocycles. The predicted octanol–water partition coefficient (Wildman–Crippen LogP) is 2.52. The van der Waals surface area contributed by atoms with Crippen LogP contribution < -0.4 is 9.47 Å². The molecule has 0 saturated carbocycles. The van der Waals surface area contributed by atoms with E-state index in [0.29, 0.717) is 17.6 Å². The predicted molar refractivity (Wildman–Crippen MR) is 101 cm³/mol. The first-order valence-corrected chi connectivity index (χ1v) is 8.71. The van der Waals surface area contributed by atoms with E-state index in [1.54, 1.807) is 18.2 Å². The van der Waals surface area contributed by atoms with Crippen LogP contribution in [0.5, 0.6) is 17.2 Å². The van der Waals surface area contributed by atoms with Crippen molar-refractivity contribution < 1.29 is 33.7 Å². The number of esters is 1. The van der Waals surface area contributed by atoms with E-state index in [-0.39, 0.29) is 28.3 Å². The molecule has 1 amide bonds. The van der Waals surface area contributed by atoms with Crippen molar-refractivity contribution >= 4 is 24.2 Å². The summed E-state index contributed by atoms with van der Waals surface area (Å²) in [5.41, 5.74) is 1.21. The zero-order chi connectivity index (χ0) is 20.9. The average molecular weight is 395 g/mol. The van der Waals surface area contributed by atoms with Gasteiger partial charge >= 0.3 is 11.9 Å². The first-order valence-electron chi connectivity index (χ1n) is 8.71. The number of ether oxygens (including phenoxy) is 3. The number of rotatable bonds is 2. The molecule has 4 rings (SSSR count). The van der Waals surface area contributed by atoms with E-state index in [1.165, 1.54) is 37.3 Å². The molecule has 8 heteroatoms. The molecule has 0 aliphatic carbocycles. The Bertz CT molecular complexity index is 1100. The fourth-order valence-electron chi connectivity index (χ4n) is 3.36. The lowest BCUT2D eigenvalue weighted by Gasteiger charge is -2.44. The summed E-state index contributed by atoms with van der Waals surface area (Å²) in [7, 11) is 2.67. The second-order valence-corrected chi connectivity index (χ2v) is 6.75. The number of nitrogens with zero attached hydrogens (tertiary/aromatic N) is 1. The topological polar surface area (TPSA) is 102 Å². The number of carbonyl (C=O) groups is 3. The third-order valence-electron chi connectivity index (χ3n) is 4.95. The van der Waals surface area contributed by atoms with Gasteiger partial charge in [-0.1, -0.05) is 6.07 Å². The van der Waals surface area contributed by atoms with Crippen molar-refractivity contribution in [2.24, 2.45) is 0 Å². The Labute approximate surface area is 165 Å². The molecule has 148 valence electrons. The van der Waals surface area contributed by atoms with Crippen LogP contribution in [0.4, 0.5) is 0 Å². The largest absolute Gasteiger partial charge is 0.506 e. The van der Waals surface area contributed by atoms with Crippen LogP contribution in [0.2, 0.25) is 0 Å². The number of phenols is 1. The SMILES string of the molecule is COC(=O)c1cc(C=O)c2c(c1O)C=CC1(Oc3cc(C)ccc3C(=O)N1C)O2. The van der Waals surface area contributed by atoms with Crippen LogP contribution in [0.25, 0.3) is 6.08 Å². The van der Waals surface area contributed by atoms with Crippen molar-refractivity contribution in [3.8, 4) is 17.2 Å². The summed E-state index contributed by atoms with van der Waals surface area (Å²) in [6.45, 7) is 1.86. The van der Waals surface area contributed by atoms with Crippen LogP contribution in [0, 0.1) is 6.92 Å². The van der Waals surface area contributed by atoms with Crippen LogP contribution in [0.15, 0.2) is 30.3 Å². The van der Waals surface area contributed by atoms with E-state index >= 15 is 0 Å². The molecule has 1 unspecified atom stereocenters. The third-order valence-corrected chi connectivity index (χ3v) is 4.95. The maximum Gasteiger partial charge on any atom is 0.362 e. The average Bonchev–Trinajstić information content (AvgIpc) is 2.71. The monoisotopic (exact) mass is 395 g/mol. The molecule has 0 bridgehead atoms. The third kappa shape index (κ3) is 2.64. The molecule has 2 aliphatic rings. The van der Waals surface area contributed by atoms with E-state index in [4.69, 9.17) is 9.47 Å². The number of methoxy groups -OCH3 is 1. The number of aldehydes is 1. The molecule has 0 radical (unpaired) electrons. The number of amides is 1. The lowest BCUT2D eigenvalue weighted by molar-refractivity contribution is -0.166. The van der Waals surface area contributed by atoms with Gasteiger partial charge in [0.25, 0.3) is 5.91 Å². The van der Waals surface area contributed by atoms with Crippen molar-refractivity contribution in [1.82, 2.24) is 4.90 Å². The second-order valence-electron chi connectivity index (χ2n) is 6.75. The van der Waals surface area contributed by atoms with E-state index in [1.807, 2.05) is 6.92 Å². The molecule has 8 nitrogen and oxygen atoms in total. The van der Waals surface area contributed by atoms with Crippen molar-refractivity contribution in [2.75, 3.05) is 14.2 Å². The zero-order valence-electron chi connectivity index (χ0n) is 15.9. The lowest BCUT2D eigenvalue weighted by atomic mass is 9.99. The summed E-state index contributed by atoms with van der Waals surface area (Å²) in [6, 6.07) is 6.35. The van der Waals surface area contributed by atoms with Crippen molar-refractivity contribution in [3.05, 3.63) is 58.2 Å². The highest BCUT2D eigenvalue weighted by Crippen LogP contribution is 2.44. The first-order chi connectivity index (χ1) is 13.8. The number of aromatic hydroxyl groups is 1. The maximum atomic E-state index is 12.9. The Hall–Kier alpha value is -3.81. The summed E-state index contributed by atoms with van der Waals surface area (Å²) in [5.74, 6) is -2.85. The molecular formula is C21H17NO7. The van der Waals surface area contributed by atoms with Gasteiger partial charge in [-0.05, 0) is 36.8 Å². The number of hydrogen-bond acceptors (Lipinski definition) is 7. The number of fused-ring (bicyclic) bond motifs is 2. The number of hydrogen-bond donors (Lipinski definition) is 1. The van der Waals surface area contributed by atoms with Crippen LogP contribution >= 0.6 is 0 Å². The Morgan fingerprint density at radius 1 is 1.28 bits per heavy atom. The highest BCUT2D eigenvalue weighted by molar-refractivity contribution is 6.00. The number of likely N-dealkylation sites (N-methyl/N-ethyl adjacent to an activating group) is 1. The second kappa shape index (κ2) is 6.37. The highest BCUT2D eigenvalue weighted by Gasteiger charge is 2.48. The number of benzene rings is 2. The van der Waals surface area contributed by atoms with Crippen LogP contribution in [0.3, 0.4) is 0 Å². The van der Waals surface area contributed by atoms with Gasteiger partial charge in [-0.2, -0.15) is 0 Å². The van der Waals surface area contributed by atoms with Gasteiger partial charge in [0.1, 0.15) is 22.8 Å². The molecule has 2 aliphatic heterocycles. The van der Waals surface area contributed by atoms with Crippen molar-refractivity contribution in [2.45, 2.75) is 12.8 Å². The summed E-state index contributed by atoms with van der Waals surface area (Å²) in [5, 5.41) is 10.5. The highest BCUT2D eigenvalue weighted by atomic mass is 16.7. The zero-order valence-corrected chi connectivity index (χ0v) is 15.9. The van der Waals surface area contributed by atoms with E-state index < -0.39 is 17.6 Å². The Balaban J connectivity index is 1.86. The number of carbonyl (C=O) groups excluding carboxylic acids is 3. The molecule has 1 N–H and O–H groups in total. The molecule has 1 spiro atoms. The fourth-order valence-corrected chi connectivity index (χ4v) is 3.36. The van der Waals surface area contributed by atoms with Gasteiger partial charge < -0.3 is 19.3 Å². The van der Waals surface area contributed by atoms with Crippen molar-refractivity contribution in [3.63, 3.8) is 0 Å². The van der Waals surface area contributed by atoms with Gasteiger partial charge in [0.2, 0.25) is 0 Å². The van der Waals surface area contributed by atoms with E-state index in [0.717, 1.165) is 5.56 Å². The molecule has 2 aromatic carbocycles. The number of phenolic OH excluding ortho intramolecular Hbond substituents is 1. The lowest BCUT2D eigenvalue weighted by Crippen LogP contribution is -2.60. The Morgan fingerprint density at radius 3 is 2.72 bits per heavy atom. The van der Waals surface area contributed by atoms with Crippen LogP contribution in [-0.2, 0) is 4.74 Å². The van der Waals surface area contributed by atoms with Gasteiger partial charge in [-0.25, -0.2) is 4.79 Å². The maximum absolute atomic E-state index is 12.9. The smallest absolute Gasteiger partial charge is 0.362 e. The van der Waals surface area contributed by atoms with Gasteiger partial charge in [0.15, 0.2) is 6.29 Å². The summed E-state index contributed by atoms with van der Waals surface area (Å²) in [6.07, 6.45) is 3.37. The normalized spacial score (nSPS) is 19.1. The summed E-state index contributed by atoms with van der Waals surface area (Å²) < 4.78 is 16.6. The minimum absolute atomic E-state index is 0.00131. The minimum Gasteiger partial charge on any atom is -0.506 e. The van der Waals surface area contributed by atoms with E-state index in [9.17, 15) is 19.5 Å². The first kappa shape index (κ1) is 18.5. The van der Waals surface area contributed by atoms with Crippen LogP contribution in [-0.4, -0.2) is 48.2 Å². The summed E-state index contributed by atoms with van der Waals surface area (Å²) in [4.78, 5) is 37.7. The number of aryl methyl sites for hydroxylation is 1. The Kier molecular flexibility index (Phi) is 4.07. The summed E-state index contributed by atoms with van der Waals surface area (Å²) >= 11 is 0. The molecule has 1 atom stereocenters. The molecular weight excluding hydrogens is 378 g/mol. The standard InChI is InChI=1S/C21H17NO7/c1-11-4-5-13-16(8-11)28-21(22(2)19(13)25)7-6-14-17(24)15(20(26)27-3)9-12(10-23)18(14)29-21/h4-10,24H,1-3H3. The molecule has 0 saturated heterocycles. The van der Waals surface area contributed by atoms with Crippen molar-refractivity contribution in [1.29, 1.82) is 0 Å². The molecule has 29 heavy (non-hydrogen) atoms. The molecule has 2 aromatic rings. The van der Waals surface area contributed by atoms with E-state index in [2.05, 4.69) is 4.74 Å². The van der Waals surface area contributed by atoms with Gasteiger partial charge in [-0.15, -0.1) is 0 Å². The van der Waals surface area contributed by atoms with Crippen LogP contribution in [0.1, 0.15) is 42.2 Å². The molecule has 2 heterocycles.